The highest BCUT2D eigenvalue weighted by Gasteiger charge is 2.14. The number of nitrogen functional groups attached to an aromatic ring is 1. The summed E-state index contributed by atoms with van der Waals surface area (Å²) >= 11 is 5.67. The van der Waals surface area contributed by atoms with Gasteiger partial charge in [-0.05, 0) is 18.2 Å². The number of halogens is 3. The lowest BCUT2D eigenvalue weighted by atomic mass is 10.3. The first-order valence-electron chi connectivity index (χ1n) is 5.23. The van der Waals surface area contributed by atoms with Gasteiger partial charge in [-0.2, -0.15) is 0 Å². The quantitative estimate of drug-likeness (QED) is 0.590. The molecule has 0 aromatic heterocycles. The van der Waals surface area contributed by atoms with E-state index in [4.69, 9.17) is 17.3 Å². The van der Waals surface area contributed by atoms with Gasteiger partial charge in [-0.3, -0.25) is 0 Å². The third-order valence-corrected chi connectivity index (χ3v) is 3.86. The molecule has 0 aliphatic carbocycles. The number of benzene rings is 1. The van der Waals surface area contributed by atoms with Crippen LogP contribution in [0.15, 0.2) is 23.1 Å². The van der Waals surface area contributed by atoms with Crippen LogP contribution in [0.2, 0.25) is 5.02 Å². The lowest BCUT2D eigenvalue weighted by Crippen LogP contribution is -2.28. The molecule has 0 heterocycles. The van der Waals surface area contributed by atoms with E-state index in [0.717, 1.165) is 0 Å². The number of anilines is 1. The molecule has 0 aliphatic heterocycles. The minimum absolute atomic E-state index is 0.0525. The molecule has 0 atom stereocenters. The topological polar surface area (TPSA) is 81.4 Å². The van der Waals surface area contributed by atoms with E-state index >= 15 is 0 Å². The van der Waals surface area contributed by atoms with Crippen molar-refractivity contribution in [3.05, 3.63) is 23.2 Å². The minimum Gasteiger partial charge on any atom is -0.397 e. The highest BCUT2D eigenvalue weighted by atomic mass is 35.5. The Balaban J connectivity index is 2.54. The van der Waals surface area contributed by atoms with Gasteiger partial charge in [-0.15, -0.1) is 0 Å². The van der Waals surface area contributed by atoms with Crippen molar-refractivity contribution >= 4 is 27.3 Å². The van der Waals surface area contributed by atoms with E-state index in [9.17, 15) is 17.2 Å². The molecule has 1 aromatic carbocycles. The minimum atomic E-state index is -3.76. The van der Waals surface area contributed by atoms with E-state index in [1.807, 2.05) is 0 Å². The molecule has 19 heavy (non-hydrogen) atoms. The summed E-state index contributed by atoms with van der Waals surface area (Å²) in [5.74, 6) is 0. The van der Waals surface area contributed by atoms with Crippen molar-refractivity contribution in [3.63, 3.8) is 0 Å². The van der Waals surface area contributed by atoms with Gasteiger partial charge in [0.1, 0.15) is 6.61 Å². The molecule has 0 aliphatic rings. The number of nitrogens with one attached hydrogen (secondary N) is 1. The van der Waals surface area contributed by atoms with Crippen LogP contribution in [0.5, 0.6) is 0 Å². The molecule has 5 nitrogen and oxygen atoms in total. The Morgan fingerprint density at radius 1 is 1.42 bits per heavy atom. The second-order valence-corrected chi connectivity index (χ2v) is 5.72. The highest BCUT2D eigenvalue weighted by molar-refractivity contribution is 7.89. The summed E-state index contributed by atoms with van der Waals surface area (Å²) < 4.78 is 53.8. The second kappa shape index (κ2) is 6.99. The van der Waals surface area contributed by atoms with Gasteiger partial charge in [0.15, 0.2) is 0 Å². The molecule has 0 saturated carbocycles. The molecular formula is C10H13ClF2N2O3S. The van der Waals surface area contributed by atoms with Crippen molar-refractivity contribution in [1.82, 2.24) is 4.72 Å². The van der Waals surface area contributed by atoms with Gasteiger partial charge in [-0.1, -0.05) is 11.6 Å². The number of rotatable bonds is 7. The predicted molar refractivity (Wildman–Crippen MR) is 67.9 cm³/mol. The van der Waals surface area contributed by atoms with Gasteiger partial charge in [0, 0.05) is 6.54 Å². The standard InChI is InChI=1S/C10H13ClF2N2O3S/c11-8-2-1-7(5-9(8)14)19(16,17)15-3-4-18-6-10(12)13/h1-2,5,10,15H,3-4,6,14H2. The van der Waals surface area contributed by atoms with Crippen molar-refractivity contribution in [2.45, 2.75) is 11.3 Å². The third-order valence-electron chi connectivity index (χ3n) is 2.06. The van der Waals surface area contributed by atoms with Gasteiger partial charge in [0.25, 0.3) is 6.43 Å². The van der Waals surface area contributed by atoms with E-state index in [0.29, 0.717) is 0 Å². The molecule has 3 N–H and O–H groups in total. The summed E-state index contributed by atoms with van der Waals surface area (Å²) in [6.45, 7) is -0.986. The first-order chi connectivity index (χ1) is 8.83. The molecule has 0 saturated heterocycles. The lowest BCUT2D eigenvalue weighted by molar-refractivity contribution is 0.0199. The maximum Gasteiger partial charge on any atom is 0.261 e. The molecule has 108 valence electrons. The fourth-order valence-electron chi connectivity index (χ4n) is 1.19. The fraction of sp³-hybridized carbons (Fsp3) is 0.400. The average Bonchev–Trinajstić information content (AvgIpc) is 2.31. The number of alkyl halides is 2. The fourth-order valence-corrected chi connectivity index (χ4v) is 2.36. The Bertz CT molecular complexity index is 526. The first kappa shape index (κ1) is 16.1. The molecule has 0 spiro atoms. The Morgan fingerprint density at radius 3 is 2.68 bits per heavy atom. The predicted octanol–water partition coefficient (Wildman–Crippen LogP) is 1.48. The smallest absolute Gasteiger partial charge is 0.261 e. The van der Waals surface area contributed by atoms with Crippen molar-refractivity contribution in [2.75, 3.05) is 25.5 Å². The normalized spacial score (nSPS) is 12.0. The maximum atomic E-state index is 11.8. The van der Waals surface area contributed by atoms with E-state index < -0.39 is 23.1 Å². The SMILES string of the molecule is Nc1cc(S(=O)(=O)NCCOCC(F)F)ccc1Cl. The number of ether oxygens (including phenoxy) is 1. The van der Waals surface area contributed by atoms with Gasteiger partial charge in [-0.25, -0.2) is 21.9 Å². The number of nitrogens with two attached hydrogens (primary N) is 1. The maximum absolute atomic E-state index is 11.8. The zero-order valence-corrected chi connectivity index (χ0v) is 11.3. The van der Waals surface area contributed by atoms with Crippen LogP contribution in [-0.4, -0.2) is 34.6 Å². The molecule has 0 amide bonds. The Kier molecular flexibility index (Phi) is 5.92. The Labute approximate surface area is 114 Å². The molecule has 0 bridgehead atoms. The van der Waals surface area contributed by atoms with Crippen LogP contribution in [0.4, 0.5) is 14.5 Å². The molecule has 0 fully saturated rings. The number of hydrogen-bond donors (Lipinski definition) is 2. The van der Waals surface area contributed by atoms with E-state index in [2.05, 4.69) is 9.46 Å². The average molecular weight is 315 g/mol. The van der Waals surface area contributed by atoms with Gasteiger partial charge in [0.2, 0.25) is 10.0 Å². The Hall–Kier alpha value is -0.960. The molecule has 1 rings (SSSR count). The third kappa shape index (κ3) is 5.27. The molecule has 9 heteroatoms. The summed E-state index contributed by atoms with van der Waals surface area (Å²) in [6.07, 6.45) is -2.58. The van der Waals surface area contributed by atoms with E-state index in [1.165, 1.54) is 18.2 Å². The van der Waals surface area contributed by atoms with Crippen LogP contribution in [0.3, 0.4) is 0 Å². The van der Waals surface area contributed by atoms with Crippen LogP contribution >= 0.6 is 11.6 Å². The molecule has 1 aromatic rings. The number of hydrogen-bond acceptors (Lipinski definition) is 4. The van der Waals surface area contributed by atoms with Gasteiger partial charge >= 0.3 is 0 Å². The van der Waals surface area contributed by atoms with Crippen LogP contribution in [-0.2, 0) is 14.8 Å². The van der Waals surface area contributed by atoms with Crippen molar-refractivity contribution in [3.8, 4) is 0 Å². The van der Waals surface area contributed by atoms with Crippen LogP contribution < -0.4 is 10.5 Å². The van der Waals surface area contributed by atoms with Crippen molar-refractivity contribution in [2.24, 2.45) is 0 Å². The van der Waals surface area contributed by atoms with Gasteiger partial charge < -0.3 is 10.5 Å². The second-order valence-electron chi connectivity index (χ2n) is 3.55. The van der Waals surface area contributed by atoms with Crippen LogP contribution in [0.1, 0.15) is 0 Å². The zero-order valence-electron chi connectivity index (χ0n) is 9.77. The lowest BCUT2D eigenvalue weighted by Gasteiger charge is -2.08. The largest absolute Gasteiger partial charge is 0.397 e. The first-order valence-corrected chi connectivity index (χ1v) is 7.09. The summed E-state index contributed by atoms with van der Waals surface area (Å²) in [5.41, 5.74) is 5.63. The summed E-state index contributed by atoms with van der Waals surface area (Å²) in [5, 5.41) is 0.249. The van der Waals surface area contributed by atoms with Crippen molar-refractivity contribution < 1.29 is 21.9 Å². The van der Waals surface area contributed by atoms with Crippen molar-refractivity contribution in [1.29, 1.82) is 0 Å². The summed E-state index contributed by atoms with van der Waals surface area (Å²) in [7, 11) is -3.76. The van der Waals surface area contributed by atoms with E-state index in [-0.39, 0.29) is 28.8 Å². The molecule has 0 unspecified atom stereocenters. The van der Waals surface area contributed by atoms with Gasteiger partial charge in [0.05, 0.1) is 22.2 Å². The van der Waals surface area contributed by atoms with Crippen LogP contribution in [0, 0.1) is 0 Å². The summed E-state index contributed by atoms with van der Waals surface area (Å²) in [4.78, 5) is -0.0525. The molecule has 0 radical (unpaired) electrons. The summed E-state index contributed by atoms with van der Waals surface area (Å²) in [6, 6.07) is 3.87. The van der Waals surface area contributed by atoms with E-state index in [1.54, 1.807) is 0 Å². The highest BCUT2D eigenvalue weighted by Crippen LogP contribution is 2.21. The Morgan fingerprint density at radius 2 is 2.11 bits per heavy atom. The number of sulfonamides is 1. The zero-order chi connectivity index (χ0) is 14.5. The monoisotopic (exact) mass is 314 g/mol. The van der Waals surface area contributed by atoms with Crippen LogP contribution in [0.25, 0.3) is 0 Å². The molecular weight excluding hydrogens is 302 g/mol.